The molecule has 0 spiro atoms. The number of fused-ring (bicyclic) bond motifs is 1. The molecule has 0 aliphatic rings. The first kappa shape index (κ1) is 22.1. The fourth-order valence-corrected chi connectivity index (χ4v) is 3.51. The maximum Gasteiger partial charge on any atom is 0.255 e. The van der Waals surface area contributed by atoms with Crippen LogP contribution in [0.15, 0.2) is 83.9 Å². The van der Waals surface area contributed by atoms with Crippen LogP contribution >= 0.6 is 0 Å². The average molecular weight is 444 g/mol. The number of hydrogen-bond acceptors (Lipinski definition) is 5. The van der Waals surface area contributed by atoms with Gasteiger partial charge in [-0.15, -0.1) is 0 Å². The number of carbonyl (C=O) groups is 1. The van der Waals surface area contributed by atoms with Gasteiger partial charge >= 0.3 is 0 Å². The second-order valence-electron chi connectivity index (χ2n) is 8.24. The van der Waals surface area contributed by atoms with Crippen molar-refractivity contribution in [3.05, 3.63) is 95.0 Å². The Morgan fingerprint density at radius 2 is 1.85 bits per heavy atom. The molecular formula is C26H25N3O4. The van der Waals surface area contributed by atoms with Crippen LogP contribution in [0.25, 0.3) is 10.9 Å². The van der Waals surface area contributed by atoms with Crippen molar-refractivity contribution in [2.45, 2.75) is 19.4 Å². The van der Waals surface area contributed by atoms with Gasteiger partial charge in [0, 0.05) is 35.5 Å². The molecule has 4 aromatic rings. The number of ether oxygens (including phenoxy) is 2. The number of pyridine rings is 2. The quantitative estimate of drug-likeness (QED) is 0.456. The lowest BCUT2D eigenvalue weighted by molar-refractivity contribution is 0.102. The predicted octanol–water partition coefficient (Wildman–Crippen LogP) is 4.47. The maximum atomic E-state index is 12.6. The van der Waals surface area contributed by atoms with Gasteiger partial charge in [-0.05, 0) is 50.2 Å². The fraction of sp³-hybridized carbons (Fsp3) is 0.192. The lowest BCUT2D eigenvalue weighted by atomic mass is 10.1. The Bertz CT molecular complexity index is 1350. The van der Waals surface area contributed by atoms with Gasteiger partial charge < -0.3 is 19.4 Å². The number of hydrogen-bond donors (Lipinski definition) is 1. The van der Waals surface area contributed by atoms with Crippen molar-refractivity contribution >= 4 is 22.5 Å². The van der Waals surface area contributed by atoms with Gasteiger partial charge in [0.25, 0.3) is 11.5 Å². The molecule has 2 aromatic carbocycles. The summed E-state index contributed by atoms with van der Waals surface area (Å²) in [5.74, 6) is 1.14. The summed E-state index contributed by atoms with van der Waals surface area (Å²) in [6, 6.07) is 19.3. The first-order chi connectivity index (χ1) is 15.9. The summed E-state index contributed by atoms with van der Waals surface area (Å²) in [5.41, 5.74) is 0.946. The summed E-state index contributed by atoms with van der Waals surface area (Å²) in [5, 5.41) is 3.70. The van der Waals surface area contributed by atoms with Crippen LogP contribution in [0, 0.1) is 0 Å². The Labute approximate surface area is 191 Å². The van der Waals surface area contributed by atoms with Crippen molar-refractivity contribution in [2.24, 2.45) is 0 Å². The van der Waals surface area contributed by atoms with Crippen LogP contribution < -0.4 is 20.3 Å². The molecule has 0 aliphatic carbocycles. The molecule has 2 aromatic heterocycles. The van der Waals surface area contributed by atoms with Gasteiger partial charge in [-0.1, -0.05) is 18.2 Å². The summed E-state index contributed by atoms with van der Waals surface area (Å²) in [4.78, 5) is 29.5. The molecule has 0 atom stereocenters. The fourth-order valence-electron chi connectivity index (χ4n) is 3.51. The van der Waals surface area contributed by atoms with Crippen molar-refractivity contribution in [3.8, 4) is 11.5 Å². The van der Waals surface area contributed by atoms with E-state index in [1.807, 2.05) is 38.1 Å². The zero-order valence-corrected chi connectivity index (χ0v) is 18.7. The Morgan fingerprint density at radius 1 is 1.06 bits per heavy atom. The Balaban J connectivity index is 1.55. The Hall–Kier alpha value is -4.13. The number of carbonyl (C=O) groups excluding carboxylic acids is 1. The largest absolute Gasteiger partial charge is 0.497 e. The molecule has 0 saturated carbocycles. The van der Waals surface area contributed by atoms with Crippen molar-refractivity contribution in [1.82, 2.24) is 9.55 Å². The van der Waals surface area contributed by atoms with E-state index in [0.29, 0.717) is 22.7 Å². The van der Waals surface area contributed by atoms with E-state index in [2.05, 4.69) is 10.3 Å². The highest BCUT2D eigenvalue weighted by Gasteiger charge is 2.23. The lowest BCUT2D eigenvalue weighted by Crippen LogP contribution is -2.40. The monoisotopic (exact) mass is 443 g/mol. The second kappa shape index (κ2) is 9.16. The van der Waals surface area contributed by atoms with Crippen molar-refractivity contribution in [3.63, 3.8) is 0 Å². The van der Waals surface area contributed by atoms with E-state index in [1.165, 1.54) is 6.07 Å². The van der Waals surface area contributed by atoms with Gasteiger partial charge in [-0.25, -0.2) is 0 Å². The molecule has 7 nitrogen and oxygen atoms in total. The third-order valence-corrected chi connectivity index (χ3v) is 5.35. The number of nitrogens with one attached hydrogen (secondary N) is 1. The number of rotatable bonds is 7. The summed E-state index contributed by atoms with van der Waals surface area (Å²) in [6.07, 6.45) is 3.32. The van der Waals surface area contributed by atoms with Crippen LogP contribution in [0.1, 0.15) is 24.2 Å². The summed E-state index contributed by atoms with van der Waals surface area (Å²) in [7, 11) is 1.61. The van der Waals surface area contributed by atoms with Crippen molar-refractivity contribution in [1.29, 1.82) is 0 Å². The van der Waals surface area contributed by atoms with Crippen LogP contribution in [-0.2, 0) is 5.54 Å². The van der Waals surface area contributed by atoms with Gasteiger partial charge in [0.1, 0.15) is 18.1 Å². The first-order valence-electron chi connectivity index (χ1n) is 10.5. The third kappa shape index (κ3) is 4.87. The van der Waals surface area contributed by atoms with Gasteiger partial charge in [-0.2, -0.15) is 0 Å². The highest BCUT2D eigenvalue weighted by atomic mass is 16.5. The van der Waals surface area contributed by atoms with Gasteiger partial charge in [0.05, 0.1) is 23.9 Å². The third-order valence-electron chi connectivity index (χ3n) is 5.35. The molecule has 0 unspecified atom stereocenters. The van der Waals surface area contributed by atoms with Crippen LogP contribution in [0.3, 0.4) is 0 Å². The minimum Gasteiger partial charge on any atom is -0.497 e. The first-order valence-corrected chi connectivity index (χ1v) is 10.5. The molecular weight excluding hydrogens is 418 g/mol. The van der Waals surface area contributed by atoms with E-state index in [-0.39, 0.29) is 18.1 Å². The zero-order chi connectivity index (χ0) is 23.4. The van der Waals surface area contributed by atoms with Crippen molar-refractivity contribution in [2.75, 3.05) is 19.0 Å². The highest BCUT2D eigenvalue weighted by Crippen LogP contribution is 2.28. The van der Waals surface area contributed by atoms with E-state index < -0.39 is 5.54 Å². The van der Waals surface area contributed by atoms with Crippen LogP contribution in [-0.4, -0.2) is 29.2 Å². The van der Waals surface area contributed by atoms with E-state index in [9.17, 15) is 9.59 Å². The van der Waals surface area contributed by atoms with Crippen LogP contribution in [0.5, 0.6) is 11.5 Å². The number of benzene rings is 2. The van der Waals surface area contributed by atoms with E-state index in [1.54, 1.807) is 60.5 Å². The number of amides is 1. The second-order valence-corrected chi connectivity index (χ2v) is 8.24. The molecule has 0 saturated heterocycles. The molecule has 0 fully saturated rings. The van der Waals surface area contributed by atoms with E-state index >= 15 is 0 Å². The average Bonchev–Trinajstić information content (AvgIpc) is 2.84. The van der Waals surface area contributed by atoms with Gasteiger partial charge in [0.15, 0.2) is 0 Å². The van der Waals surface area contributed by atoms with Crippen molar-refractivity contribution < 1.29 is 14.3 Å². The number of anilines is 1. The highest BCUT2D eigenvalue weighted by molar-refractivity contribution is 6.04. The lowest BCUT2D eigenvalue weighted by Gasteiger charge is -2.28. The van der Waals surface area contributed by atoms with E-state index in [4.69, 9.17) is 9.47 Å². The molecule has 2 heterocycles. The standard InChI is InChI=1S/C26H25N3O4/c1-26(2,17-33-23-13-14-27-22-15-20(32-3)10-11-21(22)23)29-16-19(9-12-24(29)30)28-25(31)18-7-5-4-6-8-18/h4-16H,17H2,1-3H3,(H,28,31). The summed E-state index contributed by atoms with van der Waals surface area (Å²) < 4.78 is 13.0. The zero-order valence-electron chi connectivity index (χ0n) is 18.7. The Morgan fingerprint density at radius 3 is 2.61 bits per heavy atom. The maximum absolute atomic E-state index is 12.6. The molecule has 4 rings (SSSR count). The SMILES string of the molecule is COc1ccc2c(OCC(C)(C)n3cc(NC(=O)c4ccccc4)ccc3=O)ccnc2c1. The van der Waals surface area contributed by atoms with Gasteiger partial charge in [-0.3, -0.25) is 14.6 Å². The minimum atomic E-state index is -0.688. The normalized spacial score (nSPS) is 11.2. The smallest absolute Gasteiger partial charge is 0.255 e. The van der Waals surface area contributed by atoms with Crippen LogP contribution in [0.4, 0.5) is 5.69 Å². The summed E-state index contributed by atoms with van der Waals surface area (Å²) >= 11 is 0. The Kier molecular flexibility index (Phi) is 6.13. The minimum absolute atomic E-state index is 0.189. The predicted molar refractivity (Wildman–Crippen MR) is 128 cm³/mol. The molecule has 0 radical (unpaired) electrons. The summed E-state index contributed by atoms with van der Waals surface area (Å²) in [6.45, 7) is 4.04. The van der Waals surface area contributed by atoms with E-state index in [0.717, 1.165) is 10.9 Å². The van der Waals surface area contributed by atoms with Gasteiger partial charge in [0.2, 0.25) is 0 Å². The molecule has 0 aliphatic heterocycles. The number of methoxy groups -OCH3 is 1. The molecule has 1 amide bonds. The number of nitrogens with zero attached hydrogens (tertiary/aromatic N) is 2. The molecule has 33 heavy (non-hydrogen) atoms. The molecule has 168 valence electrons. The molecule has 7 heteroatoms. The topological polar surface area (TPSA) is 82.5 Å². The molecule has 0 bridgehead atoms. The van der Waals surface area contributed by atoms with Crippen LogP contribution in [0.2, 0.25) is 0 Å². The number of aromatic nitrogens is 2. The molecule has 1 N–H and O–H groups in total.